The predicted molar refractivity (Wildman–Crippen MR) is 105 cm³/mol. The van der Waals surface area contributed by atoms with Gasteiger partial charge in [-0.1, -0.05) is 23.9 Å². The molecule has 1 aliphatic carbocycles. The van der Waals surface area contributed by atoms with Crippen LogP contribution < -0.4 is 10.3 Å². The van der Waals surface area contributed by atoms with Gasteiger partial charge in [0.2, 0.25) is 0 Å². The van der Waals surface area contributed by atoms with Gasteiger partial charge in [-0.3, -0.25) is 14.2 Å². The molecule has 27 heavy (non-hydrogen) atoms. The lowest BCUT2D eigenvalue weighted by Crippen LogP contribution is -2.22. The van der Waals surface area contributed by atoms with Crippen molar-refractivity contribution < 1.29 is 9.53 Å². The number of fused-ring (bicyclic) bond motifs is 2. The van der Waals surface area contributed by atoms with Crippen LogP contribution in [0.5, 0.6) is 5.75 Å². The third-order valence-corrected chi connectivity index (χ3v) is 5.98. The third-order valence-electron chi connectivity index (χ3n) is 5.03. The normalized spacial score (nSPS) is 15.6. The van der Waals surface area contributed by atoms with Gasteiger partial charge in [-0.05, 0) is 48.7 Å². The van der Waals surface area contributed by atoms with Gasteiger partial charge in [0.1, 0.15) is 5.75 Å². The molecule has 2 aliphatic rings. The van der Waals surface area contributed by atoms with Crippen molar-refractivity contribution in [3.05, 3.63) is 63.9 Å². The second-order valence-electron chi connectivity index (χ2n) is 6.95. The number of ether oxygens (including phenoxy) is 1. The molecule has 1 fully saturated rings. The topological polar surface area (TPSA) is 61.2 Å². The van der Waals surface area contributed by atoms with Crippen LogP contribution in [0, 0.1) is 0 Å². The Morgan fingerprint density at radius 1 is 1.22 bits per heavy atom. The van der Waals surface area contributed by atoms with Crippen molar-refractivity contribution in [2.45, 2.75) is 30.5 Å². The first-order chi connectivity index (χ1) is 13.2. The fraction of sp³-hybridized carbons (Fsp3) is 0.286. The van der Waals surface area contributed by atoms with E-state index in [0.29, 0.717) is 28.2 Å². The Labute approximate surface area is 160 Å². The van der Waals surface area contributed by atoms with Crippen molar-refractivity contribution in [2.24, 2.45) is 0 Å². The van der Waals surface area contributed by atoms with Gasteiger partial charge in [0.25, 0.3) is 5.56 Å². The summed E-state index contributed by atoms with van der Waals surface area (Å²) in [5.41, 5.74) is 2.45. The lowest BCUT2D eigenvalue weighted by molar-refractivity contribution is 0.102. The van der Waals surface area contributed by atoms with Gasteiger partial charge in [0.05, 0.1) is 23.3 Å². The fourth-order valence-corrected chi connectivity index (χ4v) is 4.42. The predicted octanol–water partition coefficient (Wildman–Crippen LogP) is 3.64. The summed E-state index contributed by atoms with van der Waals surface area (Å²) in [5, 5.41) is 1.28. The van der Waals surface area contributed by atoms with Crippen LogP contribution in [0.25, 0.3) is 10.9 Å². The van der Waals surface area contributed by atoms with Crippen LogP contribution in [-0.2, 0) is 6.42 Å². The number of carbonyl (C=O) groups is 1. The molecule has 1 aromatic heterocycles. The van der Waals surface area contributed by atoms with Crippen LogP contribution in [0.2, 0.25) is 0 Å². The van der Waals surface area contributed by atoms with Crippen LogP contribution in [0.15, 0.2) is 52.4 Å². The van der Waals surface area contributed by atoms with Crippen molar-refractivity contribution >= 4 is 28.4 Å². The number of hydrogen-bond donors (Lipinski definition) is 0. The summed E-state index contributed by atoms with van der Waals surface area (Å²) < 4.78 is 7.28. The van der Waals surface area contributed by atoms with Crippen LogP contribution in [0.4, 0.5) is 0 Å². The Morgan fingerprint density at radius 3 is 2.93 bits per heavy atom. The van der Waals surface area contributed by atoms with Crippen molar-refractivity contribution in [1.29, 1.82) is 0 Å². The molecule has 3 aromatic rings. The Bertz CT molecular complexity index is 1120. The highest BCUT2D eigenvalue weighted by Gasteiger charge is 2.29. The number of benzene rings is 2. The maximum absolute atomic E-state index is 12.9. The van der Waals surface area contributed by atoms with Crippen LogP contribution in [0.3, 0.4) is 0 Å². The minimum Gasteiger partial charge on any atom is -0.493 e. The molecule has 5 rings (SSSR count). The molecule has 0 N–H and O–H groups in total. The number of aromatic nitrogens is 2. The first-order valence-electron chi connectivity index (χ1n) is 9.14. The molecule has 0 amide bonds. The van der Waals surface area contributed by atoms with Crippen molar-refractivity contribution in [3.8, 4) is 5.75 Å². The molecule has 0 spiro atoms. The highest BCUT2D eigenvalue weighted by Crippen LogP contribution is 2.37. The summed E-state index contributed by atoms with van der Waals surface area (Å²) in [4.78, 5) is 30.2. The van der Waals surface area contributed by atoms with E-state index in [1.807, 2.05) is 42.5 Å². The molecular formula is C21H18N2O3S. The Morgan fingerprint density at radius 2 is 2.07 bits per heavy atom. The van der Waals surface area contributed by atoms with Gasteiger partial charge in [0.15, 0.2) is 10.9 Å². The van der Waals surface area contributed by atoms with E-state index in [1.165, 1.54) is 11.8 Å². The maximum atomic E-state index is 12.9. The summed E-state index contributed by atoms with van der Waals surface area (Å²) in [6.07, 6.45) is 2.83. The monoisotopic (exact) mass is 378 g/mol. The van der Waals surface area contributed by atoms with Gasteiger partial charge in [-0.15, -0.1) is 0 Å². The second-order valence-corrected chi connectivity index (χ2v) is 7.89. The van der Waals surface area contributed by atoms with E-state index in [2.05, 4.69) is 4.98 Å². The molecule has 6 heteroatoms. The zero-order valence-electron chi connectivity index (χ0n) is 14.7. The van der Waals surface area contributed by atoms with Gasteiger partial charge in [-0.2, -0.15) is 0 Å². The minimum absolute atomic E-state index is 0.00673. The average molecular weight is 378 g/mol. The fourth-order valence-electron chi connectivity index (χ4n) is 3.46. The van der Waals surface area contributed by atoms with Gasteiger partial charge < -0.3 is 4.74 Å². The number of Topliss-reactive ketones (excluding diaryl/α,β-unsaturated/α-hetero) is 1. The number of nitrogens with zero attached hydrogens (tertiary/aromatic N) is 2. The zero-order chi connectivity index (χ0) is 18.4. The second kappa shape index (κ2) is 6.53. The van der Waals surface area contributed by atoms with Gasteiger partial charge in [0, 0.05) is 18.0 Å². The summed E-state index contributed by atoms with van der Waals surface area (Å²) in [6.45, 7) is 0.677. The quantitative estimate of drug-likeness (QED) is 0.385. The summed E-state index contributed by atoms with van der Waals surface area (Å²) in [5.74, 6) is 1.18. The molecule has 0 radical (unpaired) electrons. The zero-order valence-corrected chi connectivity index (χ0v) is 15.5. The van der Waals surface area contributed by atoms with Gasteiger partial charge in [-0.25, -0.2) is 4.98 Å². The maximum Gasteiger partial charge on any atom is 0.262 e. The van der Waals surface area contributed by atoms with E-state index in [1.54, 1.807) is 4.57 Å². The molecule has 0 unspecified atom stereocenters. The SMILES string of the molecule is O=C(CSc1nc2ccccc2c(=O)n1C1CC1)c1ccc2c(c1)CCO2. The minimum atomic E-state index is -0.00673. The van der Waals surface area contributed by atoms with Gasteiger partial charge >= 0.3 is 0 Å². The first kappa shape index (κ1) is 16.6. The van der Waals surface area contributed by atoms with E-state index in [0.717, 1.165) is 30.6 Å². The van der Waals surface area contributed by atoms with E-state index >= 15 is 0 Å². The number of rotatable bonds is 5. The highest BCUT2D eigenvalue weighted by molar-refractivity contribution is 7.99. The lowest BCUT2D eigenvalue weighted by Gasteiger charge is -2.12. The summed E-state index contributed by atoms with van der Waals surface area (Å²) >= 11 is 1.35. The molecule has 0 bridgehead atoms. The van der Waals surface area contributed by atoms with Crippen LogP contribution >= 0.6 is 11.8 Å². The van der Waals surface area contributed by atoms with Crippen LogP contribution in [0.1, 0.15) is 34.8 Å². The Kier molecular flexibility index (Phi) is 4.01. The number of thioether (sulfide) groups is 1. The summed E-state index contributed by atoms with van der Waals surface area (Å²) in [6, 6.07) is 13.2. The summed E-state index contributed by atoms with van der Waals surface area (Å²) in [7, 11) is 0. The van der Waals surface area contributed by atoms with E-state index in [-0.39, 0.29) is 23.1 Å². The highest BCUT2D eigenvalue weighted by atomic mass is 32.2. The number of hydrogen-bond acceptors (Lipinski definition) is 5. The Hall–Kier alpha value is -2.60. The molecule has 2 heterocycles. The molecule has 1 aliphatic heterocycles. The smallest absolute Gasteiger partial charge is 0.262 e. The molecule has 0 atom stereocenters. The Balaban J connectivity index is 1.43. The van der Waals surface area contributed by atoms with Crippen molar-refractivity contribution in [3.63, 3.8) is 0 Å². The van der Waals surface area contributed by atoms with E-state index in [9.17, 15) is 9.59 Å². The number of para-hydroxylation sites is 1. The lowest BCUT2D eigenvalue weighted by atomic mass is 10.1. The molecule has 1 saturated carbocycles. The average Bonchev–Trinajstić information content (AvgIpc) is 3.41. The van der Waals surface area contributed by atoms with E-state index in [4.69, 9.17) is 4.74 Å². The first-order valence-corrected chi connectivity index (χ1v) is 10.1. The molecule has 5 nitrogen and oxygen atoms in total. The number of ketones is 1. The molecule has 2 aromatic carbocycles. The molecular weight excluding hydrogens is 360 g/mol. The standard InChI is InChI=1S/C21H18N2O3S/c24-18(13-5-8-19-14(11-13)9-10-26-19)12-27-21-22-17-4-2-1-3-16(17)20(25)23(21)15-6-7-15/h1-5,8,11,15H,6-7,9-10,12H2. The van der Waals surface area contributed by atoms with Crippen molar-refractivity contribution in [1.82, 2.24) is 9.55 Å². The largest absolute Gasteiger partial charge is 0.493 e. The molecule has 0 saturated heterocycles. The van der Waals surface area contributed by atoms with Crippen molar-refractivity contribution in [2.75, 3.05) is 12.4 Å². The number of carbonyl (C=O) groups excluding carboxylic acids is 1. The molecule has 136 valence electrons. The third kappa shape index (κ3) is 3.04. The van der Waals surface area contributed by atoms with E-state index < -0.39 is 0 Å². The van der Waals surface area contributed by atoms with Crippen LogP contribution in [-0.4, -0.2) is 27.7 Å².